The first-order chi connectivity index (χ1) is 11.4. The van der Waals surface area contributed by atoms with Crippen molar-refractivity contribution in [2.45, 2.75) is 26.0 Å². The maximum atomic E-state index is 12.0. The second kappa shape index (κ2) is 7.72. The van der Waals surface area contributed by atoms with E-state index < -0.39 is 24.2 Å². The van der Waals surface area contributed by atoms with Gasteiger partial charge in [0.15, 0.2) is 17.6 Å². The second-order valence-corrected chi connectivity index (χ2v) is 5.54. The molecule has 1 aliphatic rings. The van der Waals surface area contributed by atoms with Crippen molar-refractivity contribution in [2.24, 2.45) is 0 Å². The molecule has 1 N–H and O–H groups in total. The van der Waals surface area contributed by atoms with Crippen LogP contribution in [-0.2, 0) is 14.3 Å². The lowest BCUT2D eigenvalue weighted by Crippen LogP contribution is -2.35. The SMILES string of the molecule is COc1ccc([C@H](OC(=O)C=C(C)C)[C@H]2COC(=O)N2)cc1OC. The van der Waals surface area contributed by atoms with E-state index in [0.717, 1.165) is 5.57 Å². The Bertz CT molecular complexity index is 650. The third-order valence-corrected chi connectivity index (χ3v) is 3.45. The summed E-state index contributed by atoms with van der Waals surface area (Å²) in [6.07, 6.45) is 0.147. The number of rotatable bonds is 6. The topological polar surface area (TPSA) is 83.1 Å². The van der Waals surface area contributed by atoms with E-state index in [1.54, 1.807) is 32.0 Å². The van der Waals surface area contributed by atoms with E-state index in [2.05, 4.69) is 5.32 Å². The van der Waals surface area contributed by atoms with Gasteiger partial charge >= 0.3 is 12.1 Å². The van der Waals surface area contributed by atoms with Gasteiger partial charge in [-0.3, -0.25) is 0 Å². The van der Waals surface area contributed by atoms with Crippen LogP contribution in [0.3, 0.4) is 0 Å². The first-order valence-electron chi connectivity index (χ1n) is 7.45. The van der Waals surface area contributed by atoms with E-state index in [1.165, 1.54) is 20.3 Å². The van der Waals surface area contributed by atoms with Crippen molar-refractivity contribution in [3.05, 3.63) is 35.4 Å². The van der Waals surface area contributed by atoms with Crippen LogP contribution in [-0.4, -0.2) is 38.9 Å². The molecular formula is C17H21NO6. The molecule has 0 bridgehead atoms. The molecule has 0 saturated carbocycles. The third-order valence-electron chi connectivity index (χ3n) is 3.45. The summed E-state index contributed by atoms with van der Waals surface area (Å²) in [5, 5.41) is 2.65. The Morgan fingerprint density at radius 1 is 1.29 bits per heavy atom. The zero-order valence-electron chi connectivity index (χ0n) is 14.1. The molecule has 1 aromatic rings. The van der Waals surface area contributed by atoms with Crippen LogP contribution >= 0.6 is 0 Å². The van der Waals surface area contributed by atoms with Crippen LogP contribution < -0.4 is 14.8 Å². The van der Waals surface area contributed by atoms with Crippen LogP contribution in [0.5, 0.6) is 11.5 Å². The number of ether oxygens (including phenoxy) is 4. The molecule has 0 aliphatic carbocycles. The second-order valence-electron chi connectivity index (χ2n) is 5.54. The molecule has 7 nitrogen and oxygen atoms in total. The Balaban J connectivity index is 2.32. The Morgan fingerprint density at radius 3 is 2.54 bits per heavy atom. The molecule has 0 unspecified atom stereocenters. The monoisotopic (exact) mass is 335 g/mol. The van der Waals surface area contributed by atoms with E-state index in [1.807, 2.05) is 0 Å². The number of hydrogen-bond donors (Lipinski definition) is 1. The average molecular weight is 335 g/mol. The van der Waals surface area contributed by atoms with Crippen molar-refractivity contribution in [1.29, 1.82) is 0 Å². The fraction of sp³-hybridized carbons (Fsp3) is 0.412. The number of cyclic esters (lactones) is 1. The zero-order chi connectivity index (χ0) is 17.7. The molecule has 1 aromatic carbocycles. The molecule has 2 rings (SSSR count). The summed E-state index contributed by atoms with van der Waals surface area (Å²) in [6, 6.07) is 4.70. The van der Waals surface area contributed by atoms with E-state index in [0.29, 0.717) is 17.1 Å². The smallest absolute Gasteiger partial charge is 0.407 e. The van der Waals surface area contributed by atoms with Crippen LogP contribution in [0.2, 0.25) is 0 Å². The molecule has 1 heterocycles. The van der Waals surface area contributed by atoms with Crippen LogP contribution in [0.4, 0.5) is 4.79 Å². The first kappa shape index (κ1) is 17.7. The Labute approximate surface area is 140 Å². The van der Waals surface area contributed by atoms with Crippen molar-refractivity contribution in [3.63, 3.8) is 0 Å². The maximum Gasteiger partial charge on any atom is 0.407 e. The minimum atomic E-state index is -0.709. The van der Waals surface area contributed by atoms with Crippen LogP contribution in [0.1, 0.15) is 25.5 Å². The summed E-state index contributed by atoms with van der Waals surface area (Å²) < 4.78 is 21.0. The molecule has 7 heteroatoms. The normalized spacial score (nSPS) is 17.3. The van der Waals surface area contributed by atoms with Gasteiger partial charge in [-0.1, -0.05) is 11.6 Å². The van der Waals surface area contributed by atoms with Crippen molar-refractivity contribution in [3.8, 4) is 11.5 Å². The molecule has 1 saturated heterocycles. The number of nitrogens with one attached hydrogen (secondary N) is 1. The molecule has 1 amide bonds. The summed E-state index contributed by atoms with van der Waals surface area (Å²) in [4.78, 5) is 23.4. The molecule has 1 fully saturated rings. The van der Waals surface area contributed by atoms with Gasteiger partial charge in [0.1, 0.15) is 12.6 Å². The fourth-order valence-corrected chi connectivity index (χ4v) is 2.37. The van der Waals surface area contributed by atoms with Gasteiger partial charge in [-0.2, -0.15) is 0 Å². The number of carbonyl (C=O) groups is 2. The van der Waals surface area contributed by atoms with E-state index >= 15 is 0 Å². The Morgan fingerprint density at radius 2 is 2.00 bits per heavy atom. The van der Waals surface area contributed by atoms with Crippen LogP contribution in [0.15, 0.2) is 29.8 Å². The molecule has 130 valence electrons. The minimum Gasteiger partial charge on any atom is -0.493 e. The van der Waals surface area contributed by atoms with E-state index in [-0.39, 0.29) is 6.61 Å². The number of esters is 1. The van der Waals surface area contributed by atoms with Gasteiger partial charge in [-0.25, -0.2) is 9.59 Å². The van der Waals surface area contributed by atoms with E-state index in [9.17, 15) is 9.59 Å². The molecule has 0 aromatic heterocycles. The van der Waals surface area contributed by atoms with Gasteiger partial charge in [0.25, 0.3) is 0 Å². The first-order valence-corrected chi connectivity index (χ1v) is 7.45. The zero-order valence-corrected chi connectivity index (χ0v) is 14.1. The highest BCUT2D eigenvalue weighted by atomic mass is 16.6. The Kier molecular flexibility index (Phi) is 5.68. The number of carbonyl (C=O) groups excluding carboxylic acids is 2. The average Bonchev–Trinajstić information content (AvgIpc) is 2.97. The quantitative estimate of drug-likeness (QED) is 0.635. The lowest BCUT2D eigenvalue weighted by atomic mass is 10.0. The van der Waals surface area contributed by atoms with Gasteiger partial charge in [-0.05, 0) is 31.5 Å². The summed E-state index contributed by atoms with van der Waals surface area (Å²) in [7, 11) is 3.06. The lowest BCUT2D eigenvalue weighted by Gasteiger charge is -2.23. The predicted octanol–water partition coefficient (Wildman–Crippen LogP) is 2.36. The number of amides is 1. The predicted molar refractivity (Wildman–Crippen MR) is 86.1 cm³/mol. The summed E-state index contributed by atoms with van der Waals surface area (Å²) >= 11 is 0. The lowest BCUT2D eigenvalue weighted by molar-refractivity contribution is -0.144. The van der Waals surface area contributed by atoms with Crippen LogP contribution in [0, 0.1) is 0 Å². The molecular weight excluding hydrogens is 314 g/mol. The number of alkyl carbamates (subject to hydrolysis) is 1. The van der Waals surface area contributed by atoms with Gasteiger partial charge in [0, 0.05) is 6.08 Å². The Hall–Kier alpha value is -2.70. The molecule has 2 atom stereocenters. The molecule has 0 radical (unpaired) electrons. The van der Waals surface area contributed by atoms with Crippen molar-refractivity contribution >= 4 is 12.1 Å². The maximum absolute atomic E-state index is 12.0. The van der Waals surface area contributed by atoms with Crippen molar-refractivity contribution < 1.29 is 28.5 Å². The summed E-state index contributed by atoms with van der Waals surface area (Å²) in [6.45, 7) is 3.71. The van der Waals surface area contributed by atoms with Crippen LogP contribution in [0.25, 0.3) is 0 Å². The standard InChI is InChI=1S/C17H21NO6/c1-10(2)7-15(19)24-16(12-9-23-17(20)18-12)11-5-6-13(21-3)14(8-11)22-4/h5-8,12,16H,9H2,1-4H3,(H,18,20)/t12-,16+/m1/s1. The number of methoxy groups -OCH3 is 2. The fourth-order valence-electron chi connectivity index (χ4n) is 2.37. The highest BCUT2D eigenvalue weighted by molar-refractivity contribution is 5.83. The van der Waals surface area contributed by atoms with Crippen molar-refractivity contribution in [1.82, 2.24) is 5.32 Å². The molecule has 1 aliphatic heterocycles. The molecule has 24 heavy (non-hydrogen) atoms. The van der Waals surface area contributed by atoms with Crippen molar-refractivity contribution in [2.75, 3.05) is 20.8 Å². The highest BCUT2D eigenvalue weighted by Crippen LogP contribution is 2.33. The van der Waals surface area contributed by atoms with Gasteiger partial charge in [0.2, 0.25) is 0 Å². The number of hydrogen-bond acceptors (Lipinski definition) is 6. The van der Waals surface area contributed by atoms with Gasteiger partial charge in [0.05, 0.1) is 14.2 Å². The highest BCUT2D eigenvalue weighted by Gasteiger charge is 2.34. The van der Waals surface area contributed by atoms with Gasteiger partial charge < -0.3 is 24.3 Å². The number of allylic oxidation sites excluding steroid dienone is 1. The number of benzene rings is 1. The minimum absolute atomic E-state index is 0.111. The third kappa shape index (κ3) is 4.18. The summed E-state index contributed by atoms with van der Waals surface area (Å²) in [5.74, 6) is 0.571. The molecule has 0 spiro atoms. The summed E-state index contributed by atoms with van der Waals surface area (Å²) in [5.41, 5.74) is 1.48. The van der Waals surface area contributed by atoms with Gasteiger partial charge in [-0.15, -0.1) is 0 Å². The largest absolute Gasteiger partial charge is 0.493 e. The van der Waals surface area contributed by atoms with E-state index in [4.69, 9.17) is 18.9 Å².